The van der Waals surface area contributed by atoms with E-state index in [0.717, 1.165) is 34.2 Å². The fourth-order valence-corrected chi connectivity index (χ4v) is 3.68. The highest BCUT2D eigenvalue weighted by atomic mass is 19.4. The number of aromatic amines is 1. The molecule has 2 aromatic carbocycles. The lowest BCUT2D eigenvalue weighted by atomic mass is 10.1. The van der Waals surface area contributed by atoms with Crippen molar-refractivity contribution in [3.63, 3.8) is 0 Å². The van der Waals surface area contributed by atoms with Crippen LogP contribution in [0, 0.1) is 0 Å². The monoisotopic (exact) mass is 413 g/mol. The fraction of sp³-hybridized carbons (Fsp3) is 0.261. The van der Waals surface area contributed by atoms with Gasteiger partial charge in [0, 0.05) is 55.9 Å². The van der Waals surface area contributed by atoms with E-state index < -0.39 is 11.7 Å². The zero-order chi connectivity index (χ0) is 21.1. The van der Waals surface area contributed by atoms with E-state index in [0.29, 0.717) is 32.7 Å². The molecule has 156 valence electrons. The van der Waals surface area contributed by atoms with Crippen LogP contribution in [0.4, 0.5) is 13.2 Å². The van der Waals surface area contributed by atoms with Crippen LogP contribution in [0.15, 0.2) is 60.8 Å². The average molecular weight is 413 g/mol. The number of hydrogen-bond donors (Lipinski definition) is 1. The predicted octanol–water partition coefficient (Wildman–Crippen LogP) is 4.54. The topological polar surface area (TPSA) is 39.3 Å². The van der Waals surface area contributed by atoms with Crippen LogP contribution < -0.4 is 0 Å². The number of nitrogens with one attached hydrogen (secondary N) is 1. The van der Waals surface area contributed by atoms with Crippen LogP contribution in [-0.4, -0.2) is 46.9 Å². The standard InChI is InChI=1S/C23H22F3N3O/c24-23(25,26)19-8-5-17(6-9-19)16-28-11-13-29(14-12-28)22(30)10-7-18-15-27-21-4-2-1-3-20(18)21/h1-10,15,27H,11-14,16H2/b10-7+. The number of carbonyl (C=O) groups excluding carboxylic acids is 1. The lowest BCUT2D eigenvalue weighted by Gasteiger charge is -2.34. The molecule has 1 saturated heterocycles. The van der Waals surface area contributed by atoms with Gasteiger partial charge in [-0.25, -0.2) is 0 Å². The average Bonchev–Trinajstić information content (AvgIpc) is 3.15. The van der Waals surface area contributed by atoms with Gasteiger partial charge in [0.25, 0.3) is 0 Å². The summed E-state index contributed by atoms with van der Waals surface area (Å²) in [5.41, 5.74) is 2.20. The molecule has 0 aliphatic carbocycles. The molecule has 1 N–H and O–H groups in total. The number of fused-ring (bicyclic) bond motifs is 1. The molecule has 4 nitrogen and oxygen atoms in total. The number of nitrogens with zero attached hydrogens (tertiary/aromatic N) is 2. The zero-order valence-corrected chi connectivity index (χ0v) is 16.3. The molecule has 3 aromatic rings. The zero-order valence-electron chi connectivity index (χ0n) is 16.3. The summed E-state index contributed by atoms with van der Waals surface area (Å²) in [7, 11) is 0. The smallest absolute Gasteiger partial charge is 0.361 e. The van der Waals surface area contributed by atoms with E-state index in [4.69, 9.17) is 0 Å². The van der Waals surface area contributed by atoms with Crippen LogP contribution in [0.2, 0.25) is 0 Å². The van der Waals surface area contributed by atoms with Crippen LogP contribution >= 0.6 is 0 Å². The molecular formula is C23H22F3N3O. The summed E-state index contributed by atoms with van der Waals surface area (Å²) in [6.45, 7) is 3.14. The summed E-state index contributed by atoms with van der Waals surface area (Å²) < 4.78 is 38.0. The summed E-state index contributed by atoms with van der Waals surface area (Å²) in [5, 5.41) is 1.07. The Hall–Kier alpha value is -3.06. The van der Waals surface area contributed by atoms with Gasteiger partial charge in [-0.05, 0) is 35.4 Å². The minimum absolute atomic E-state index is 0.0329. The minimum Gasteiger partial charge on any atom is -0.361 e. The highest BCUT2D eigenvalue weighted by Crippen LogP contribution is 2.29. The number of piperazine rings is 1. The summed E-state index contributed by atoms with van der Waals surface area (Å²) >= 11 is 0. The minimum atomic E-state index is -4.31. The van der Waals surface area contributed by atoms with Gasteiger partial charge in [-0.15, -0.1) is 0 Å². The van der Waals surface area contributed by atoms with Gasteiger partial charge in [0.1, 0.15) is 0 Å². The van der Waals surface area contributed by atoms with Crippen molar-refractivity contribution in [2.45, 2.75) is 12.7 Å². The molecule has 0 bridgehead atoms. The third kappa shape index (κ3) is 4.57. The van der Waals surface area contributed by atoms with Gasteiger partial charge in [0.2, 0.25) is 5.91 Å². The summed E-state index contributed by atoms with van der Waals surface area (Å²) in [4.78, 5) is 19.7. The summed E-state index contributed by atoms with van der Waals surface area (Å²) in [6, 6.07) is 13.2. The van der Waals surface area contributed by atoms with Gasteiger partial charge >= 0.3 is 6.18 Å². The van der Waals surface area contributed by atoms with Gasteiger partial charge in [-0.2, -0.15) is 13.2 Å². The van der Waals surface area contributed by atoms with Crippen LogP contribution in [0.3, 0.4) is 0 Å². The normalized spacial score (nSPS) is 15.9. The first kappa shape index (κ1) is 20.2. The van der Waals surface area contributed by atoms with Gasteiger partial charge in [-0.3, -0.25) is 9.69 Å². The fourth-order valence-electron chi connectivity index (χ4n) is 3.68. The van der Waals surface area contributed by atoms with Crippen LogP contribution in [0.5, 0.6) is 0 Å². The lowest BCUT2D eigenvalue weighted by molar-refractivity contribution is -0.137. The molecule has 1 aromatic heterocycles. The number of H-pyrrole nitrogens is 1. The molecule has 0 saturated carbocycles. The van der Waals surface area contributed by atoms with E-state index in [2.05, 4.69) is 9.88 Å². The van der Waals surface area contributed by atoms with E-state index in [-0.39, 0.29) is 5.91 Å². The van der Waals surface area contributed by atoms with Gasteiger partial charge in [-0.1, -0.05) is 30.3 Å². The SMILES string of the molecule is O=C(/C=C/c1c[nH]c2ccccc12)N1CCN(Cc2ccc(C(F)(F)F)cc2)CC1. The first-order valence-corrected chi connectivity index (χ1v) is 9.82. The number of benzene rings is 2. The Morgan fingerprint density at radius 2 is 1.70 bits per heavy atom. The first-order valence-electron chi connectivity index (χ1n) is 9.82. The maximum atomic E-state index is 12.7. The number of carbonyl (C=O) groups is 1. The van der Waals surface area contributed by atoms with Gasteiger partial charge < -0.3 is 9.88 Å². The molecule has 1 fully saturated rings. The van der Waals surface area contributed by atoms with Crippen molar-refractivity contribution in [2.24, 2.45) is 0 Å². The van der Waals surface area contributed by atoms with Gasteiger partial charge in [0.15, 0.2) is 0 Å². The van der Waals surface area contributed by atoms with Crippen molar-refractivity contribution >= 4 is 22.9 Å². The molecule has 1 amide bonds. The first-order chi connectivity index (χ1) is 14.4. The Morgan fingerprint density at radius 3 is 2.40 bits per heavy atom. The third-order valence-electron chi connectivity index (χ3n) is 5.40. The maximum absolute atomic E-state index is 12.7. The molecule has 0 spiro atoms. The van der Waals surface area contributed by atoms with Crippen LogP contribution in [0.1, 0.15) is 16.7 Å². The second kappa shape index (κ2) is 8.36. The number of hydrogen-bond acceptors (Lipinski definition) is 2. The highest BCUT2D eigenvalue weighted by Gasteiger charge is 2.30. The molecule has 7 heteroatoms. The number of alkyl halides is 3. The number of halogens is 3. The highest BCUT2D eigenvalue weighted by molar-refractivity contribution is 5.96. The molecule has 0 unspecified atom stereocenters. The largest absolute Gasteiger partial charge is 0.416 e. The number of amides is 1. The van der Waals surface area contributed by atoms with E-state index in [1.165, 1.54) is 12.1 Å². The van der Waals surface area contributed by atoms with E-state index in [1.54, 1.807) is 11.0 Å². The summed E-state index contributed by atoms with van der Waals surface area (Å²) in [6.07, 6.45) is 0.998. The Kier molecular flexibility index (Phi) is 5.63. The third-order valence-corrected chi connectivity index (χ3v) is 5.40. The molecule has 0 radical (unpaired) electrons. The second-order valence-electron chi connectivity index (χ2n) is 7.42. The van der Waals surface area contributed by atoms with Crippen LogP contribution in [-0.2, 0) is 17.5 Å². The Bertz CT molecular complexity index is 1050. The second-order valence-corrected chi connectivity index (χ2v) is 7.42. The van der Waals surface area contributed by atoms with Crippen molar-refractivity contribution in [3.05, 3.63) is 77.5 Å². The van der Waals surface area contributed by atoms with Crippen molar-refractivity contribution in [3.8, 4) is 0 Å². The molecule has 1 aliphatic heterocycles. The van der Waals surface area contributed by atoms with Crippen molar-refractivity contribution in [1.29, 1.82) is 0 Å². The summed E-state index contributed by atoms with van der Waals surface area (Å²) in [5.74, 6) is -0.0329. The van der Waals surface area contributed by atoms with Crippen LogP contribution in [0.25, 0.3) is 17.0 Å². The number of para-hydroxylation sites is 1. The molecule has 2 heterocycles. The lowest BCUT2D eigenvalue weighted by Crippen LogP contribution is -2.47. The Morgan fingerprint density at radius 1 is 1.00 bits per heavy atom. The Labute approximate surface area is 172 Å². The van der Waals surface area contributed by atoms with E-state index >= 15 is 0 Å². The molecule has 30 heavy (non-hydrogen) atoms. The van der Waals surface area contributed by atoms with Gasteiger partial charge in [0.05, 0.1) is 5.56 Å². The maximum Gasteiger partial charge on any atom is 0.416 e. The molecular weight excluding hydrogens is 391 g/mol. The molecule has 0 atom stereocenters. The van der Waals surface area contributed by atoms with Crippen molar-refractivity contribution < 1.29 is 18.0 Å². The number of rotatable bonds is 4. The van der Waals surface area contributed by atoms with Crippen molar-refractivity contribution in [2.75, 3.05) is 26.2 Å². The Balaban J connectivity index is 1.30. The molecule has 4 rings (SSSR count). The van der Waals surface area contributed by atoms with E-state index in [9.17, 15) is 18.0 Å². The molecule has 1 aliphatic rings. The number of aromatic nitrogens is 1. The van der Waals surface area contributed by atoms with E-state index in [1.807, 2.05) is 36.5 Å². The van der Waals surface area contributed by atoms with Crippen molar-refractivity contribution in [1.82, 2.24) is 14.8 Å². The quantitative estimate of drug-likeness (QED) is 0.638. The predicted molar refractivity (Wildman–Crippen MR) is 111 cm³/mol.